The Balaban J connectivity index is 0.00000312. The molecule has 0 radical (unpaired) electrons. The zero-order valence-electron chi connectivity index (χ0n) is 15.8. The highest BCUT2D eigenvalue weighted by Crippen LogP contribution is 2.21. The second kappa shape index (κ2) is 13.2. The van der Waals surface area contributed by atoms with Crippen molar-refractivity contribution < 1.29 is 26.8 Å². The number of hydrogen-bond donors (Lipinski definition) is 1. The van der Waals surface area contributed by atoms with Crippen LogP contribution in [0.5, 0.6) is 0 Å². The molecule has 0 aliphatic carbocycles. The normalized spacial score (nSPS) is 15.7. The van der Waals surface area contributed by atoms with E-state index in [1.54, 1.807) is 0 Å². The van der Waals surface area contributed by atoms with Gasteiger partial charge in [-0.3, -0.25) is 4.98 Å². The lowest BCUT2D eigenvalue weighted by Crippen LogP contribution is -3.00. The van der Waals surface area contributed by atoms with Gasteiger partial charge in [0.15, 0.2) is 6.54 Å². The van der Waals surface area contributed by atoms with Gasteiger partial charge in [-0.2, -0.15) is 0 Å². The summed E-state index contributed by atoms with van der Waals surface area (Å²) in [7, 11) is 0. The summed E-state index contributed by atoms with van der Waals surface area (Å²) in [6.45, 7) is 7.19. The van der Waals surface area contributed by atoms with Gasteiger partial charge in [0.1, 0.15) is 0 Å². The fraction of sp³-hybridized carbons (Fsp3) is 0.684. The maximum absolute atomic E-state index is 11.4. The molecule has 0 saturated carbocycles. The Kier molecular flexibility index (Phi) is 12.7. The topological polar surface area (TPSA) is 53.4 Å². The molecule has 150 valence electrons. The van der Waals surface area contributed by atoms with E-state index in [2.05, 4.69) is 16.8 Å². The number of rotatable bonds is 10. The van der Waals surface area contributed by atoms with Crippen molar-refractivity contribution in [3.63, 3.8) is 0 Å². The van der Waals surface area contributed by atoms with Crippen LogP contribution < -0.4 is 17.3 Å². The van der Waals surface area contributed by atoms with Gasteiger partial charge in [0.2, 0.25) is 0 Å². The number of aromatic nitrogens is 1. The Bertz CT molecular complexity index is 495. The molecule has 0 bridgehead atoms. The van der Waals surface area contributed by atoms with E-state index in [9.17, 15) is 9.90 Å². The zero-order valence-corrected chi connectivity index (χ0v) is 17.4. The Morgan fingerprint density at radius 2 is 1.69 bits per heavy atom. The van der Waals surface area contributed by atoms with Gasteiger partial charge in [-0.1, -0.05) is 32.6 Å². The second-order valence-corrected chi connectivity index (χ2v) is 7.02. The summed E-state index contributed by atoms with van der Waals surface area (Å²) in [6.07, 6.45) is 11.2. The van der Waals surface area contributed by atoms with Crippen molar-refractivity contribution in [3.8, 4) is 0 Å². The van der Waals surface area contributed by atoms with Crippen LogP contribution in [-0.4, -0.2) is 59.8 Å². The van der Waals surface area contributed by atoms with E-state index in [1.807, 2.05) is 24.5 Å². The highest BCUT2D eigenvalue weighted by molar-refractivity contribution is 5.85. The van der Waals surface area contributed by atoms with Gasteiger partial charge in [0.05, 0.1) is 32.7 Å². The lowest BCUT2D eigenvalue weighted by atomic mass is 10.1. The van der Waals surface area contributed by atoms with Gasteiger partial charge in [-0.15, -0.1) is 12.4 Å². The summed E-state index contributed by atoms with van der Waals surface area (Å²) in [4.78, 5) is 17.8. The average molecular weight is 406 g/mol. The largest absolute Gasteiger partial charge is 1.00 e. The number of anilines is 1. The van der Waals surface area contributed by atoms with Crippen molar-refractivity contribution >= 4 is 24.1 Å². The first-order valence-corrected chi connectivity index (χ1v) is 9.37. The van der Waals surface area contributed by atoms with Crippen molar-refractivity contribution in [3.05, 3.63) is 24.5 Å². The minimum Gasteiger partial charge on any atom is -1.00 e. The van der Waals surface area contributed by atoms with E-state index in [4.69, 9.17) is 0 Å². The van der Waals surface area contributed by atoms with Crippen LogP contribution in [0.15, 0.2) is 24.5 Å². The van der Waals surface area contributed by atoms with Crippen LogP contribution in [0.25, 0.3) is 0 Å². The van der Waals surface area contributed by atoms with Crippen molar-refractivity contribution in [2.75, 3.05) is 44.2 Å². The zero-order chi connectivity index (χ0) is 17.3. The first-order chi connectivity index (χ1) is 11.7. The molecule has 1 aromatic heterocycles. The van der Waals surface area contributed by atoms with E-state index in [0.717, 1.165) is 43.6 Å². The summed E-state index contributed by atoms with van der Waals surface area (Å²) in [5.74, 6) is -0.668. The molecular formula is C19H33Cl2N3O2. The van der Waals surface area contributed by atoms with Crippen LogP contribution >= 0.6 is 12.4 Å². The summed E-state index contributed by atoms with van der Waals surface area (Å²) in [5.41, 5.74) is 1.19. The standard InChI is InChI=1S/C19H31N3O2.2ClH/c1-2-3-4-5-6-7-14-22(17-19(23)24)15-12-21(13-16-22)18-8-10-20-11-9-18;;/h8-11H,2-7,12-17H2,1H3;2*1H. The SMILES string of the molecule is CCCCCCCC[N+]1(CC(=O)O)CCN(c2ccncc2)CC1.Cl.[Cl-]. The van der Waals surface area contributed by atoms with Gasteiger partial charge in [-0.05, 0) is 25.0 Å². The van der Waals surface area contributed by atoms with Gasteiger partial charge >= 0.3 is 5.97 Å². The lowest BCUT2D eigenvalue weighted by molar-refractivity contribution is -0.922. The van der Waals surface area contributed by atoms with Crippen LogP contribution in [0.2, 0.25) is 0 Å². The summed E-state index contributed by atoms with van der Waals surface area (Å²) in [5, 5.41) is 9.35. The Morgan fingerprint density at radius 1 is 1.12 bits per heavy atom. The molecule has 7 heteroatoms. The van der Waals surface area contributed by atoms with Crippen LogP contribution in [0.1, 0.15) is 45.4 Å². The molecule has 5 nitrogen and oxygen atoms in total. The number of unbranched alkanes of at least 4 members (excludes halogenated alkanes) is 5. The molecule has 1 N–H and O–H groups in total. The third kappa shape index (κ3) is 8.11. The molecule has 1 aromatic rings. The number of halogens is 2. The smallest absolute Gasteiger partial charge is 0.359 e. The number of hydrogen-bond acceptors (Lipinski definition) is 3. The van der Waals surface area contributed by atoms with Crippen LogP contribution in [0.4, 0.5) is 5.69 Å². The molecule has 2 rings (SSSR count). The number of nitrogens with zero attached hydrogens (tertiary/aromatic N) is 3. The highest BCUT2D eigenvalue weighted by Gasteiger charge is 2.34. The van der Waals surface area contributed by atoms with E-state index in [1.165, 1.54) is 37.8 Å². The molecule has 0 aromatic carbocycles. The molecule has 2 heterocycles. The molecule has 1 aliphatic rings. The Labute approximate surface area is 170 Å². The highest BCUT2D eigenvalue weighted by atomic mass is 35.5. The maximum Gasteiger partial charge on any atom is 0.359 e. The molecule has 0 atom stereocenters. The third-order valence-electron chi connectivity index (χ3n) is 5.17. The summed E-state index contributed by atoms with van der Waals surface area (Å²) in [6, 6.07) is 4.07. The van der Waals surface area contributed by atoms with Gasteiger partial charge < -0.3 is 26.9 Å². The van der Waals surface area contributed by atoms with Gasteiger partial charge in [0.25, 0.3) is 0 Å². The monoisotopic (exact) mass is 405 g/mol. The first kappa shape index (κ1) is 25.0. The number of carbonyl (C=O) groups is 1. The van der Waals surface area contributed by atoms with E-state index >= 15 is 0 Å². The maximum atomic E-state index is 11.4. The summed E-state index contributed by atoms with van der Waals surface area (Å²) < 4.78 is 0.741. The van der Waals surface area contributed by atoms with Crippen molar-refractivity contribution in [2.45, 2.75) is 45.4 Å². The molecule has 1 saturated heterocycles. The Hall–Kier alpha value is -1.04. The molecule has 1 fully saturated rings. The van der Waals surface area contributed by atoms with Crippen LogP contribution in [0, 0.1) is 0 Å². The van der Waals surface area contributed by atoms with E-state index in [0.29, 0.717) is 0 Å². The Morgan fingerprint density at radius 3 is 2.27 bits per heavy atom. The van der Waals surface area contributed by atoms with Crippen molar-refractivity contribution in [2.24, 2.45) is 0 Å². The predicted octanol–water partition coefficient (Wildman–Crippen LogP) is 0.589. The van der Waals surface area contributed by atoms with Crippen molar-refractivity contribution in [1.82, 2.24) is 4.98 Å². The number of piperazine rings is 1. The van der Waals surface area contributed by atoms with Gasteiger partial charge in [-0.25, -0.2) is 4.79 Å². The van der Waals surface area contributed by atoms with Gasteiger partial charge in [0, 0.05) is 18.1 Å². The molecular weight excluding hydrogens is 373 g/mol. The minimum absolute atomic E-state index is 0. The fourth-order valence-electron chi connectivity index (χ4n) is 3.68. The molecule has 0 amide bonds. The number of quaternary nitrogens is 1. The quantitative estimate of drug-likeness (QED) is 0.457. The first-order valence-electron chi connectivity index (χ1n) is 9.37. The number of carboxylic acid groups (broad SMARTS) is 1. The van der Waals surface area contributed by atoms with Crippen LogP contribution in [-0.2, 0) is 4.79 Å². The van der Waals surface area contributed by atoms with Crippen molar-refractivity contribution in [1.29, 1.82) is 0 Å². The second-order valence-electron chi connectivity index (χ2n) is 7.02. The molecule has 26 heavy (non-hydrogen) atoms. The number of carboxylic acids is 1. The average Bonchev–Trinajstić information content (AvgIpc) is 2.59. The van der Waals surface area contributed by atoms with E-state index < -0.39 is 5.97 Å². The minimum atomic E-state index is -0.668. The van der Waals surface area contributed by atoms with Crippen LogP contribution in [0.3, 0.4) is 0 Å². The summed E-state index contributed by atoms with van der Waals surface area (Å²) >= 11 is 0. The lowest BCUT2D eigenvalue weighted by Gasteiger charge is -2.44. The number of pyridine rings is 1. The molecule has 0 unspecified atom stereocenters. The third-order valence-corrected chi connectivity index (χ3v) is 5.17. The van der Waals surface area contributed by atoms with E-state index in [-0.39, 0.29) is 31.4 Å². The number of aliphatic carboxylic acids is 1. The molecule has 0 spiro atoms. The predicted molar refractivity (Wildman–Crippen MR) is 104 cm³/mol. The fourth-order valence-corrected chi connectivity index (χ4v) is 3.68. The molecule has 1 aliphatic heterocycles.